The predicted molar refractivity (Wildman–Crippen MR) is 86.6 cm³/mol. The molecular formula is C17H15BrO4. The number of furan rings is 1. The molecule has 2 aromatic rings. The second-order valence-electron chi connectivity index (χ2n) is 4.82. The van der Waals surface area contributed by atoms with Gasteiger partial charge >= 0.3 is 5.97 Å². The van der Waals surface area contributed by atoms with Gasteiger partial charge in [0.05, 0.1) is 0 Å². The van der Waals surface area contributed by atoms with Gasteiger partial charge in [-0.05, 0) is 59.6 Å². The first kappa shape index (κ1) is 16.2. The van der Waals surface area contributed by atoms with Crippen molar-refractivity contribution in [2.45, 2.75) is 13.8 Å². The number of carbonyl (C=O) groups excluding carboxylic acids is 2. The Balaban J connectivity index is 1.92. The van der Waals surface area contributed by atoms with E-state index in [1.54, 1.807) is 18.2 Å². The van der Waals surface area contributed by atoms with Crippen molar-refractivity contribution in [2.24, 2.45) is 0 Å². The lowest BCUT2D eigenvalue weighted by Crippen LogP contribution is -2.13. The molecule has 1 aromatic carbocycles. The molecule has 5 heteroatoms. The summed E-state index contributed by atoms with van der Waals surface area (Å²) >= 11 is 3.17. The van der Waals surface area contributed by atoms with Gasteiger partial charge in [0, 0.05) is 11.6 Å². The van der Waals surface area contributed by atoms with Crippen LogP contribution >= 0.6 is 15.9 Å². The lowest BCUT2D eigenvalue weighted by Gasteiger charge is -2.06. The number of benzene rings is 1. The van der Waals surface area contributed by atoms with Crippen LogP contribution in [0, 0.1) is 13.8 Å². The van der Waals surface area contributed by atoms with Gasteiger partial charge in [-0.1, -0.05) is 17.7 Å². The Morgan fingerprint density at radius 2 is 2.00 bits per heavy atom. The van der Waals surface area contributed by atoms with E-state index >= 15 is 0 Å². The lowest BCUT2D eigenvalue weighted by atomic mass is 10.0. The van der Waals surface area contributed by atoms with Crippen molar-refractivity contribution in [2.75, 3.05) is 6.61 Å². The molecule has 0 aliphatic carbocycles. The first-order chi connectivity index (χ1) is 10.5. The zero-order chi connectivity index (χ0) is 16.1. The number of Topliss-reactive ketones (excluding diaryl/α,β-unsaturated/α-hetero) is 1. The topological polar surface area (TPSA) is 56.5 Å². The molecule has 1 aromatic heterocycles. The summed E-state index contributed by atoms with van der Waals surface area (Å²) in [6, 6.07) is 9.02. The van der Waals surface area contributed by atoms with Gasteiger partial charge in [-0.3, -0.25) is 4.79 Å². The lowest BCUT2D eigenvalue weighted by molar-refractivity contribution is -0.136. The second-order valence-corrected chi connectivity index (χ2v) is 5.61. The maximum Gasteiger partial charge on any atom is 0.331 e. The minimum Gasteiger partial charge on any atom is -0.454 e. The Hall–Kier alpha value is -2.14. The minimum absolute atomic E-state index is 0.219. The average molecular weight is 363 g/mol. The Bertz CT molecular complexity index is 728. The van der Waals surface area contributed by atoms with Crippen LogP contribution in [-0.2, 0) is 9.53 Å². The molecular weight excluding hydrogens is 348 g/mol. The highest BCUT2D eigenvalue weighted by molar-refractivity contribution is 9.10. The van der Waals surface area contributed by atoms with Crippen LogP contribution in [0.1, 0.15) is 27.2 Å². The van der Waals surface area contributed by atoms with Crippen LogP contribution in [0.3, 0.4) is 0 Å². The summed E-state index contributed by atoms with van der Waals surface area (Å²) in [4.78, 5) is 23.7. The van der Waals surface area contributed by atoms with Crippen molar-refractivity contribution in [3.8, 4) is 0 Å². The average Bonchev–Trinajstić information content (AvgIpc) is 2.90. The van der Waals surface area contributed by atoms with Crippen LogP contribution in [-0.4, -0.2) is 18.4 Å². The number of hydrogen-bond acceptors (Lipinski definition) is 4. The Morgan fingerprint density at radius 3 is 2.68 bits per heavy atom. The summed E-state index contributed by atoms with van der Waals surface area (Å²) in [5.41, 5.74) is 2.43. The maximum atomic E-state index is 12.1. The van der Waals surface area contributed by atoms with Crippen molar-refractivity contribution >= 4 is 33.8 Å². The summed E-state index contributed by atoms with van der Waals surface area (Å²) < 4.78 is 10.7. The first-order valence-electron chi connectivity index (χ1n) is 6.66. The number of esters is 1. The smallest absolute Gasteiger partial charge is 0.331 e. The molecule has 2 rings (SSSR count). The Morgan fingerprint density at radius 1 is 1.23 bits per heavy atom. The van der Waals surface area contributed by atoms with Gasteiger partial charge in [0.2, 0.25) is 5.78 Å². The molecule has 0 aliphatic heterocycles. The van der Waals surface area contributed by atoms with Gasteiger partial charge in [-0.25, -0.2) is 4.79 Å². The zero-order valence-corrected chi connectivity index (χ0v) is 13.8. The number of ketones is 1. The van der Waals surface area contributed by atoms with E-state index < -0.39 is 5.97 Å². The fourth-order valence-corrected chi connectivity index (χ4v) is 2.19. The number of ether oxygens (including phenoxy) is 1. The molecule has 0 N–H and O–H groups in total. The molecule has 0 amide bonds. The van der Waals surface area contributed by atoms with Gasteiger partial charge in [0.1, 0.15) is 5.76 Å². The van der Waals surface area contributed by atoms with Crippen LogP contribution in [0.4, 0.5) is 0 Å². The van der Waals surface area contributed by atoms with Gasteiger partial charge < -0.3 is 9.15 Å². The molecule has 4 nitrogen and oxygen atoms in total. The molecule has 22 heavy (non-hydrogen) atoms. The van der Waals surface area contributed by atoms with Crippen LogP contribution in [0.25, 0.3) is 6.08 Å². The fourth-order valence-electron chi connectivity index (χ4n) is 1.87. The molecule has 0 unspecified atom stereocenters. The summed E-state index contributed by atoms with van der Waals surface area (Å²) in [5, 5.41) is 0. The summed E-state index contributed by atoms with van der Waals surface area (Å²) in [7, 11) is 0. The summed E-state index contributed by atoms with van der Waals surface area (Å²) in [6.45, 7) is 3.48. The van der Waals surface area contributed by atoms with Crippen molar-refractivity contribution in [3.05, 3.63) is 63.5 Å². The van der Waals surface area contributed by atoms with E-state index in [4.69, 9.17) is 9.15 Å². The molecule has 0 atom stereocenters. The molecule has 0 bridgehead atoms. The normalized spacial score (nSPS) is 10.9. The summed E-state index contributed by atoms with van der Waals surface area (Å²) in [6.07, 6.45) is 2.71. The van der Waals surface area contributed by atoms with E-state index in [-0.39, 0.29) is 12.4 Å². The third-order valence-corrected chi connectivity index (χ3v) is 3.44. The second kappa shape index (κ2) is 7.22. The van der Waals surface area contributed by atoms with E-state index in [0.717, 1.165) is 11.1 Å². The molecule has 1 heterocycles. The van der Waals surface area contributed by atoms with Gasteiger partial charge in [0.25, 0.3) is 0 Å². The van der Waals surface area contributed by atoms with Gasteiger partial charge in [-0.15, -0.1) is 0 Å². The maximum absolute atomic E-state index is 12.1. The molecule has 0 fully saturated rings. The quantitative estimate of drug-likeness (QED) is 0.456. The molecule has 0 spiro atoms. The fraction of sp³-hybridized carbons (Fsp3) is 0.176. The van der Waals surface area contributed by atoms with Gasteiger partial charge in [0.15, 0.2) is 11.3 Å². The van der Waals surface area contributed by atoms with Gasteiger partial charge in [-0.2, -0.15) is 0 Å². The number of hydrogen-bond donors (Lipinski definition) is 0. The SMILES string of the molecule is Cc1ccc(C)c(C(=O)COC(=O)C=Cc2ccc(Br)o2)c1. The van der Waals surface area contributed by atoms with Crippen LogP contribution in [0.5, 0.6) is 0 Å². The monoisotopic (exact) mass is 362 g/mol. The van der Waals surface area contributed by atoms with E-state index in [0.29, 0.717) is 16.0 Å². The number of carbonyl (C=O) groups is 2. The third kappa shape index (κ3) is 4.43. The largest absolute Gasteiger partial charge is 0.454 e. The Labute approximate surface area is 136 Å². The minimum atomic E-state index is -0.592. The standard InChI is InChI=1S/C17H15BrO4/c1-11-3-4-12(2)14(9-11)15(19)10-21-17(20)8-6-13-5-7-16(18)22-13/h3-9H,10H2,1-2H3. The molecule has 0 saturated carbocycles. The number of halogens is 1. The number of rotatable bonds is 5. The number of aryl methyl sites for hydroxylation is 2. The molecule has 0 aliphatic rings. The predicted octanol–water partition coefficient (Wildman–Crippen LogP) is 4.10. The molecule has 0 saturated heterocycles. The highest BCUT2D eigenvalue weighted by Crippen LogP contribution is 2.15. The van der Waals surface area contributed by atoms with Crippen molar-refractivity contribution in [3.63, 3.8) is 0 Å². The van der Waals surface area contributed by atoms with E-state index in [1.165, 1.54) is 12.2 Å². The Kier molecular flexibility index (Phi) is 5.33. The highest BCUT2D eigenvalue weighted by Gasteiger charge is 2.11. The van der Waals surface area contributed by atoms with Crippen LogP contribution in [0.2, 0.25) is 0 Å². The molecule has 114 valence electrons. The van der Waals surface area contributed by atoms with Crippen molar-refractivity contribution < 1.29 is 18.7 Å². The molecule has 0 radical (unpaired) electrons. The van der Waals surface area contributed by atoms with E-state index in [9.17, 15) is 9.59 Å². The van der Waals surface area contributed by atoms with E-state index in [1.807, 2.05) is 26.0 Å². The van der Waals surface area contributed by atoms with Crippen LogP contribution < -0.4 is 0 Å². The summed E-state index contributed by atoms with van der Waals surface area (Å²) in [5.74, 6) is -0.292. The zero-order valence-electron chi connectivity index (χ0n) is 12.3. The van der Waals surface area contributed by atoms with Crippen molar-refractivity contribution in [1.29, 1.82) is 0 Å². The van der Waals surface area contributed by atoms with E-state index in [2.05, 4.69) is 15.9 Å². The van der Waals surface area contributed by atoms with Crippen molar-refractivity contribution in [1.82, 2.24) is 0 Å². The third-order valence-electron chi connectivity index (χ3n) is 3.02. The highest BCUT2D eigenvalue weighted by atomic mass is 79.9. The van der Waals surface area contributed by atoms with Crippen LogP contribution in [0.15, 0.2) is 45.5 Å². The first-order valence-corrected chi connectivity index (χ1v) is 7.45.